The normalized spacial score (nSPS) is 40.4. The van der Waals surface area contributed by atoms with Crippen LogP contribution in [0.15, 0.2) is 11.3 Å². The van der Waals surface area contributed by atoms with Gasteiger partial charge >= 0.3 is 5.97 Å². The minimum Gasteiger partial charge on any atom is -0.512 e. The molecule has 3 N–H and O–H groups in total. The molecule has 3 atom stereocenters. The van der Waals surface area contributed by atoms with Crippen LogP contribution in [-0.2, 0) is 4.79 Å². The molecule has 2 bridgehead atoms. The third-order valence-electron chi connectivity index (χ3n) is 3.49. The monoisotopic (exact) mass is 212 g/mol. The lowest BCUT2D eigenvalue weighted by Gasteiger charge is -2.43. The summed E-state index contributed by atoms with van der Waals surface area (Å²) in [6.07, 6.45) is 1.97. The SMILES string of the molecule is CC1CC2CC(O)(CC(O)=C2C(=O)O)C1. The van der Waals surface area contributed by atoms with Gasteiger partial charge in [-0.15, -0.1) is 0 Å². The van der Waals surface area contributed by atoms with Crippen LogP contribution in [0.25, 0.3) is 0 Å². The maximum Gasteiger partial charge on any atom is 0.335 e. The third-order valence-corrected chi connectivity index (χ3v) is 3.49. The van der Waals surface area contributed by atoms with Gasteiger partial charge in [-0.25, -0.2) is 4.79 Å². The van der Waals surface area contributed by atoms with Gasteiger partial charge in [-0.2, -0.15) is 0 Å². The molecule has 0 aliphatic heterocycles. The van der Waals surface area contributed by atoms with Gasteiger partial charge in [-0.3, -0.25) is 0 Å². The second-order valence-electron chi connectivity index (χ2n) is 5.01. The van der Waals surface area contributed by atoms with Crippen molar-refractivity contribution in [1.29, 1.82) is 0 Å². The molecular formula is C11H16O4. The zero-order valence-corrected chi connectivity index (χ0v) is 8.73. The van der Waals surface area contributed by atoms with Crippen molar-refractivity contribution in [2.75, 3.05) is 0 Å². The Bertz CT molecular complexity index is 333. The van der Waals surface area contributed by atoms with Gasteiger partial charge in [0, 0.05) is 6.42 Å². The first-order valence-corrected chi connectivity index (χ1v) is 5.29. The van der Waals surface area contributed by atoms with E-state index in [0.29, 0.717) is 18.8 Å². The minimum absolute atomic E-state index is 0.0927. The van der Waals surface area contributed by atoms with Crippen LogP contribution in [0.1, 0.15) is 32.6 Å². The van der Waals surface area contributed by atoms with Crippen LogP contribution < -0.4 is 0 Å². The zero-order valence-electron chi connectivity index (χ0n) is 8.73. The van der Waals surface area contributed by atoms with Crippen LogP contribution in [0.5, 0.6) is 0 Å². The van der Waals surface area contributed by atoms with E-state index < -0.39 is 11.6 Å². The van der Waals surface area contributed by atoms with Gasteiger partial charge < -0.3 is 15.3 Å². The van der Waals surface area contributed by atoms with Crippen LogP contribution in [0.2, 0.25) is 0 Å². The lowest BCUT2D eigenvalue weighted by molar-refractivity contribution is -0.135. The Labute approximate surface area is 88.2 Å². The Morgan fingerprint density at radius 3 is 2.73 bits per heavy atom. The molecule has 2 rings (SSSR count). The molecule has 4 nitrogen and oxygen atoms in total. The molecular weight excluding hydrogens is 196 g/mol. The first-order valence-electron chi connectivity index (χ1n) is 5.29. The van der Waals surface area contributed by atoms with Crippen molar-refractivity contribution in [3.8, 4) is 0 Å². The summed E-state index contributed by atoms with van der Waals surface area (Å²) in [6, 6.07) is 0. The van der Waals surface area contributed by atoms with Crippen molar-refractivity contribution < 1.29 is 20.1 Å². The highest BCUT2D eigenvalue weighted by molar-refractivity contribution is 5.88. The van der Waals surface area contributed by atoms with E-state index in [1.807, 2.05) is 6.92 Å². The Kier molecular flexibility index (Phi) is 2.26. The molecule has 0 aromatic rings. The van der Waals surface area contributed by atoms with E-state index >= 15 is 0 Å². The highest BCUT2D eigenvalue weighted by atomic mass is 16.4. The number of aliphatic hydroxyl groups is 2. The molecule has 4 heteroatoms. The van der Waals surface area contributed by atoms with Crippen LogP contribution in [0.4, 0.5) is 0 Å². The van der Waals surface area contributed by atoms with E-state index in [1.54, 1.807) is 0 Å². The highest BCUT2D eigenvalue weighted by Crippen LogP contribution is 2.47. The van der Waals surface area contributed by atoms with Gasteiger partial charge in [0.25, 0.3) is 0 Å². The molecule has 3 unspecified atom stereocenters. The van der Waals surface area contributed by atoms with Gasteiger partial charge in [0.15, 0.2) is 0 Å². The molecule has 0 saturated heterocycles. The molecule has 0 radical (unpaired) electrons. The van der Waals surface area contributed by atoms with Crippen molar-refractivity contribution in [3.63, 3.8) is 0 Å². The number of hydrogen-bond acceptors (Lipinski definition) is 3. The molecule has 2 aliphatic rings. The summed E-state index contributed by atoms with van der Waals surface area (Å²) < 4.78 is 0. The van der Waals surface area contributed by atoms with Gasteiger partial charge in [0.2, 0.25) is 0 Å². The van der Waals surface area contributed by atoms with Gasteiger partial charge in [-0.1, -0.05) is 6.92 Å². The third kappa shape index (κ3) is 1.74. The van der Waals surface area contributed by atoms with Crippen LogP contribution in [-0.4, -0.2) is 26.9 Å². The lowest BCUT2D eigenvalue weighted by atomic mass is 9.65. The van der Waals surface area contributed by atoms with E-state index in [2.05, 4.69) is 0 Å². The first kappa shape index (κ1) is 10.5. The molecule has 2 aliphatic carbocycles. The molecule has 15 heavy (non-hydrogen) atoms. The van der Waals surface area contributed by atoms with E-state index in [-0.39, 0.29) is 23.7 Å². The fourth-order valence-corrected chi connectivity index (χ4v) is 3.15. The number of fused-ring (bicyclic) bond motifs is 2. The molecule has 0 spiro atoms. The maximum absolute atomic E-state index is 11.0. The van der Waals surface area contributed by atoms with Crippen molar-refractivity contribution in [3.05, 3.63) is 11.3 Å². The second-order valence-corrected chi connectivity index (χ2v) is 5.01. The summed E-state index contributed by atoms with van der Waals surface area (Å²) >= 11 is 0. The molecule has 0 aromatic carbocycles. The fraction of sp³-hybridized carbons (Fsp3) is 0.727. The maximum atomic E-state index is 11.0. The number of carbonyl (C=O) groups is 1. The fourth-order valence-electron chi connectivity index (χ4n) is 3.15. The second kappa shape index (κ2) is 3.23. The number of hydrogen-bond donors (Lipinski definition) is 3. The van der Waals surface area contributed by atoms with Crippen molar-refractivity contribution in [1.82, 2.24) is 0 Å². The Hall–Kier alpha value is -1.03. The Morgan fingerprint density at radius 1 is 1.47 bits per heavy atom. The summed E-state index contributed by atoms with van der Waals surface area (Å²) in [7, 11) is 0. The van der Waals surface area contributed by atoms with Crippen molar-refractivity contribution in [2.24, 2.45) is 11.8 Å². The first-order chi connectivity index (χ1) is 6.91. The number of carboxylic acid groups (broad SMARTS) is 1. The van der Waals surface area contributed by atoms with Gasteiger partial charge in [-0.05, 0) is 31.1 Å². The quantitative estimate of drug-likeness (QED) is 0.614. The highest BCUT2D eigenvalue weighted by Gasteiger charge is 2.46. The summed E-state index contributed by atoms with van der Waals surface area (Å²) in [6.45, 7) is 2.01. The van der Waals surface area contributed by atoms with Crippen molar-refractivity contribution in [2.45, 2.75) is 38.2 Å². The zero-order chi connectivity index (χ0) is 11.2. The Morgan fingerprint density at radius 2 is 2.13 bits per heavy atom. The molecule has 0 heterocycles. The topological polar surface area (TPSA) is 77.8 Å². The largest absolute Gasteiger partial charge is 0.512 e. The average Bonchev–Trinajstić information content (AvgIpc) is 1.97. The van der Waals surface area contributed by atoms with Gasteiger partial charge in [0.1, 0.15) is 5.76 Å². The molecule has 1 saturated carbocycles. The molecule has 1 fully saturated rings. The molecule has 84 valence electrons. The minimum atomic E-state index is -1.05. The van der Waals surface area contributed by atoms with E-state index in [4.69, 9.17) is 5.11 Å². The standard InChI is InChI=1S/C11H16O4/c1-6-2-7-4-11(15,3-6)5-8(12)9(7)10(13)14/h6-7,12,15H,2-5H2,1H3,(H,13,14). The van der Waals surface area contributed by atoms with Gasteiger partial charge in [0.05, 0.1) is 11.2 Å². The summed E-state index contributed by atoms with van der Waals surface area (Å²) in [5.41, 5.74) is -0.767. The smallest absolute Gasteiger partial charge is 0.335 e. The summed E-state index contributed by atoms with van der Waals surface area (Å²) in [5.74, 6) is -1.05. The molecule has 0 amide bonds. The van der Waals surface area contributed by atoms with Crippen LogP contribution >= 0.6 is 0 Å². The van der Waals surface area contributed by atoms with Crippen LogP contribution in [0.3, 0.4) is 0 Å². The Balaban J connectivity index is 2.37. The van der Waals surface area contributed by atoms with E-state index in [9.17, 15) is 15.0 Å². The van der Waals surface area contributed by atoms with E-state index in [1.165, 1.54) is 0 Å². The predicted molar refractivity (Wildman–Crippen MR) is 53.4 cm³/mol. The number of aliphatic carboxylic acids is 1. The van der Waals surface area contributed by atoms with Crippen molar-refractivity contribution >= 4 is 5.97 Å². The average molecular weight is 212 g/mol. The summed E-state index contributed by atoms with van der Waals surface area (Å²) in [5, 5.41) is 28.8. The molecule has 0 aromatic heterocycles. The number of carboxylic acids is 1. The van der Waals surface area contributed by atoms with E-state index in [0.717, 1.165) is 6.42 Å². The summed E-state index contributed by atoms with van der Waals surface area (Å²) in [4.78, 5) is 11.0. The number of aliphatic hydroxyl groups excluding tert-OH is 1. The lowest BCUT2D eigenvalue weighted by Crippen LogP contribution is -2.44. The van der Waals surface area contributed by atoms with Crippen LogP contribution in [0, 0.1) is 11.8 Å². The predicted octanol–water partition coefficient (Wildman–Crippen LogP) is 1.45. The number of rotatable bonds is 1.